The number of carbonyl (C=O) groups is 1. The highest BCUT2D eigenvalue weighted by atomic mass is 16.5. The molecule has 4 N–H and O–H groups in total. The molecule has 204 valence electrons. The summed E-state index contributed by atoms with van der Waals surface area (Å²) < 4.78 is 10.8. The Morgan fingerprint density at radius 2 is 1.92 bits per heavy atom. The molecule has 0 aromatic carbocycles. The number of aromatic nitrogens is 2. The molecule has 1 aromatic rings. The molecule has 2 rings (SSSR count). The van der Waals surface area contributed by atoms with Gasteiger partial charge in [0.1, 0.15) is 5.76 Å². The molecule has 1 saturated carbocycles. The molecule has 1 fully saturated rings. The lowest BCUT2D eigenvalue weighted by Crippen LogP contribution is -2.19. The fourth-order valence-corrected chi connectivity index (χ4v) is 3.64. The first kappa shape index (κ1) is 31.4. The van der Waals surface area contributed by atoms with E-state index in [4.69, 9.17) is 20.3 Å². The Balaban J connectivity index is 0.000000635. The van der Waals surface area contributed by atoms with Crippen molar-refractivity contribution in [2.45, 2.75) is 66.2 Å². The van der Waals surface area contributed by atoms with Crippen molar-refractivity contribution in [1.29, 1.82) is 0 Å². The third kappa shape index (κ3) is 11.8. The van der Waals surface area contributed by atoms with Crippen LogP contribution in [0, 0.1) is 5.92 Å². The van der Waals surface area contributed by atoms with Crippen LogP contribution >= 0.6 is 0 Å². The summed E-state index contributed by atoms with van der Waals surface area (Å²) in [4.78, 5) is 23.3. The molecule has 0 amide bonds. The van der Waals surface area contributed by atoms with Gasteiger partial charge in [0.05, 0.1) is 43.4 Å². The van der Waals surface area contributed by atoms with Crippen molar-refractivity contribution in [3.05, 3.63) is 59.4 Å². The minimum Gasteiger partial charge on any atom is -0.497 e. The lowest BCUT2D eigenvalue weighted by Gasteiger charge is -2.16. The van der Waals surface area contributed by atoms with E-state index in [9.17, 15) is 4.79 Å². The van der Waals surface area contributed by atoms with E-state index >= 15 is 0 Å². The highest BCUT2D eigenvalue weighted by Gasteiger charge is 2.19. The lowest BCUT2D eigenvalue weighted by molar-refractivity contribution is -0.142. The fourth-order valence-electron chi connectivity index (χ4n) is 3.64. The van der Waals surface area contributed by atoms with E-state index in [2.05, 4.69) is 27.2 Å². The lowest BCUT2D eigenvalue weighted by atomic mass is 9.90. The Kier molecular flexibility index (Phi) is 15.1. The summed E-state index contributed by atoms with van der Waals surface area (Å²) in [6, 6.07) is 0. The predicted molar refractivity (Wildman–Crippen MR) is 150 cm³/mol. The number of aliphatic imine (C=N–C) groups is 1. The van der Waals surface area contributed by atoms with Crippen molar-refractivity contribution in [3.63, 3.8) is 0 Å². The molecule has 37 heavy (non-hydrogen) atoms. The molecule has 1 aromatic heterocycles. The molecule has 0 aliphatic heterocycles. The van der Waals surface area contributed by atoms with Crippen LogP contribution in [0.5, 0.6) is 5.88 Å². The van der Waals surface area contributed by atoms with Crippen molar-refractivity contribution in [2.24, 2.45) is 16.6 Å². The van der Waals surface area contributed by atoms with Crippen molar-refractivity contribution in [3.8, 4) is 5.88 Å². The average molecular weight is 514 g/mol. The second-order valence-electron chi connectivity index (χ2n) is 8.54. The molecular formula is C28H43N5O4. The van der Waals surface area contributed by atoms with E-state index in [1.54, 1.807) is 33.5 Å². The van der Waals surface area contributed by atoms with Crippen LogP contribution in [0.15, 0.2) is 64.4 Å². The summed E-state index contributed by atoms with van der Waals surface area (Å²) in [6.07, 6.45) is 17.2. The van der Waals surface area contributed by atoms with Gasteiger partial charge in [-0.3, -0.25) is 14.8 Å². The first-order valence-electron chi connectivity index (χ1n) is 12.7. The van der Waals surface area contributed by atoms with Gasteiger partial charge in [-0.05, 0) is 57.8 Å². The van der Waals surface area contributed by atoms with Gasteiger partial charge < -0.3 is 25.6 Å². The Morgan fingerprint density at radius 3 is 2.43 bits per heavy atom. The molecule has 0 radical (unpaired) electrons. The molecular weight excluding hydrogens is 470 g/mol. The van der Waals surface area contributed by atoms with Crippen LogP contribution in [0.4, 0.5) is 5.82 Å². The van der Waals surface area contributed by atoms with E-state index in [0.717, 1.165) is 49.1 Å². The van der Waals surface area contributed by atoms with Crippen molar-refractivity contribution in [2.75, 3.05) is 26.1 Å². The van der Waals surface area contributed by atoms with Gasteiger partial charge in [0.2, 0.25) is 5.88 Å². The maximum Gasteiger partial charge on any atom is 0.306 e. The monoisotopic (exact) mass is 513 g/mol. The van der Waals surface area contributed by atoms with Gasteiger partial charge in [0.25, 0.3) is 0 Å². The maximum absolute atomic E-state index is 10.4. The number of aliphatic carboxylic acids is 1. The van der Waals surface area contributed by atoms with Crippen molar-refractivity contribution < 1.29 is 19.4 Å². The van der Waals surface area contributed by atoms with Crippen LogP contribution in [-0.4, -0.2) is 47.5 Å². The standard InChI is InChI=1S/C21H31N5O2.C7H12O2/c1-7-9-10-17(27-6)12-11-15(3)20(23-5)21(16(4)22)26-18-13-24-14-19(25-18)28-8-2;8-7(9)6-4-2-1-3-5-6/h9-14H,7-8,22H2,1-6H3,(H,25,26);6H,1-5H2,(H,8,9)/b10-9+,15-11+,17-12+,21-16+,23-20?;. The van der Waals surface area contributed by atoms with Gasteiger partial charge in [-0.25, -0.2) is 0 Å². The van der Waals surface area contributed by atoms with Crippen LogP contribution in [0.3, 0.4) is 0 Å². The van der Waals surface area contributed by atoms with Gasteiger partial charge in [0.15, 0.2) is 5.82 Å². The topological polar surface area (TPSA) is 132 Å². The third-order valence-corrected chi connectivity index (χ3v) is 5.59. The molecule has 0 spiro atoms. The molecule has 9 nitrogen and oxygen atoms in total. The van der Waals surface area contributed by atoms with Gasteiger partial charge in [-0.2, -0.15) is 4.98 Å². The van der Waals surface area contributed by atoms with Crippen LogP contribution in [-0.2, 0) is 9.53 Å². The second kappa shape index (κ2) is 17.8. The number of allylic oxidation sites excluding steroid dienone is 6. The van der Waals surface area contributed by atoms with Crippen LogP contribution < -0.4 is 15.8 Å². The van der Waals surface area contributed by atoms with E-state index < -0.39 is 5.97 Å². The smallest absolute Gasteiger partial charge is 0.306 e. The average Bonchev–Trinajstić information content (AvgIpc) is 2.90. The number of nitrogens with zero attached hydrogens (tertiary/aromatic N) is 3. The fraction of sp³-hybridized carbons (Fsp3) is 0.500. The Bertz CT molecular complexity index is 1000. The highest BCUT2D eigenvalue weighted by Crippen LogP contribution is 2.23. The first-order chi connectivity index (χ1) is 17.8. The van der Waals surface area contributed by atoms with Gasteiger partial charge >= 0.3 is 5.97 Å². The summed E-state index contributed by atoms with van der Waals surface area (Å²) in [7, 11) is 3.36. The van der Waals surface area contributed by atoms with Crippen LogP contribution in [0.1, 0.15) is 66.2 Å². The zero-order valence-corrected chi connectivity index (χ0v) is 23.1. The molecule has 0 unspecified atom stereocenters. The van der Waals surface area contributed by atoms with Gasteiger partial charge in [0, 0.05) is 12.7 Å². The molecule has 9 heteroatoms. The van der Waals surface area contributed by atoms with Gasteiger partial charge in [-0.1, -0.05) is 38.3 Å². The zero-order chi connectivity index (χ0) is 27.6. The zero-order valence-electron chi connectivity index (χ0n) is 23.1. The number of methoxy groups -OCH3 is 1. The summed E-state index contributed by atoms with van der Waals surface area (Å²) >= 11 is 0. The van der Waals surface area contributed by atoms with Gasteiger partial charge in [-0.15, -0.1) is 0 Å². The minimum atomic E-state index is -0.602. The van der Waals surface area contributed by atoms with Crippen molar-refractivity contribution >= 4 is 17.5 Å². The van der Waals surface area contributed by atoms with E-state index in [1.165, 1.54) is 6.42 Å². The first-order valence-corrected chi connectivity index (χ1v) is 12.7. The Labute approximate surface area is 221 Å². The van der Waals surface area contributed by atoms with E-state index in [0.29, 0.717) is 29.7 Å². The molecule has 0 saturated heterocycles. The Hall–Kier alpha value is -3.62. The number of hydrogen-bond acceptors (Lipinski definition) is 8. The highest BCUT2D eigenvalue weighted by molar-refractivity contribution is 6.14. The minimum absolute atomic E-state index is 0.0289. The number of hydrogen-bond donors (Lipinski definition) is 3. The third-order valence-electron chi connectivity index (χ3n) is 5.59. The maximum atomic E-state index is 10.4. The summed E-state index contributed by atoms with van der Waals surface area (Å²) in [5.74, 6) is 1.10. The van der Waals surface area contributed by atoms with Crippen LogP contribution in [0.25, 0.3) is 0 Å². The number of nitrogens with one attached hydrogen (secondary N) is 1. The molecule has 1 aliphatic rings. The summed E-state index contributed by atoms with van der Waals surface area (Å²) in [6.45, 7) is 8.25. The number of rotatable bonds is 11. The van der Waals surface area contributed by atoms with E-state index in [-0.39, 0.29) is 5.92 Å². The summed E-state index contributed by atoms with van der Waals surface area (Å²) in [5.41, 5.74) is 9.00. The number of ether oxygens (including phenoxy) is 2. The van der Waals surface area contributed by atoms with Crippen LogP contribution in [0.2, 0.25) is 0 Å². The van der Waals surface area contributed by atoms with E-state index in [1.807, 2.05) is 38.2 Å². The SMILES string of the molecule is CC/C=C/C(=C\C=C(/C)C(=NC)/C(Nc1cncc(OCC)n1)=C(/C)N)OC.O=C(O)C1CCCCC1. The van der Waals surface area contributed by atoms with Crippen molar-refractivity contribution in [1.82, 2.24) is 9.97 Å². The number of nitrogens with two attached hydrogens (primary N) is 1. The number of anilines is 1. The largest absolute Gasteiger partial charge is 0.497 e. The molecule has 1 heterocycles. The normalized spacial score (nSPS) is 16.0. The molecule has 0 atom stereocenters. The summed E-state index contributed by atoms with van der Waals surface area (Å²) in [5, 5.41) is 11.7. The molecule has 0 bridgehead atoms. The number of carboxylic acid groups (broad SMARTS) is 1. The predicted octanol–water partition coefficient (Wildman–Crippen LogP) is 5.64. The second-order valence-corrected chi connectivity index (χ2v) is 8.54. The Morgan fingerprint density at radius 1 is 1.22 bits per heavy atom. The quantitative estimate of drug-likeness (QED) is 0.197. The number of carboxylic acids is 1. The molecule has 1 aliphatic carbocycles.